The van der Waals surface area contributed by atoms with Crippen LogP contribution < -0.4 is 0 Å². The van der Waals surface area contributed by atoms with Crippen molar-refractivity contribution in [3.8, 4) is 11.1 Å². The lowest BCUT2D eigenvalue weighted by Gasteiger charge is -2.19. The van der Waals surface area contributed by atoms with E-state index in [1.165, 1.54) is 22.3 Å². The zero-order chi connectivity index (χ0) is 13.2. The van der Waals surface area contributed by atoms with E-state index in [1.54, 1.807) is 0 Å². The smallest absolute Gasteiger partial charge is 0.0155 e. The summed E-state index contributed by atoms with van der Waals surface area (Å²) in [6, 6.07) is 17.4. The molecule has 0 fully saturated rings. The molecular formula is C18H22. The predicted octanol–water partition coefficient (Wildman–Crippen LogP) is 5.25. The Balaban J connectivity index is 2.32. The summed E-state index contributed by atoms with van der Waals surface area (Å²) < 4.78 is 0. The molecule has 94 valence electrons. The van der Waals surface area contributed by atoms with Crippen molar-refractivity contribution in [3.63, 3.8) is 0 Å². The minimum atomic E-state index is 0.348. The van der Waals surface area contributed by atoms with Crippen molar-refractivity contribution in [2.45, 2.75) is 34.1 Å². The van der Waals surface area contributed by atoms with Gasteiger partial charge in [-0.15, -0.1) is 0 Å². The molecule has 0 N–H and O–H groups in total. The summed E-state index contributed by atoms with van der Waals surface area (Å²) in [6.07, 6.45) is 1.13. The Bertz CT molecular complexity index is 515. The molecule has 0 amide bonds. The van der Waals surface area contributed by atoms with Gasteiger partial charge in [0.1, 0.15) is 0 Å². The SMILES string of the molecule is Cc1cc(CC(C)(C)C)ccc1-c1ccccc1. The van der Waals surface area contributed by atoms with Crippen LogP contribution in [0.25, 0.3) is 11.1 Å². The lowest BCUT2D eigenvalue weighted by atomic mass is 9.86. The number of hydrogen-bond donors (Lipinski definition) is 0. The molecule has 0 aliphatic heterocycles. The minimum absolute atomic E-state index is 0.348. The highest BCUT2D eigenvalue weighted by Crippen LogP contribution is 2.27. The maximum atomic E-state index is 2.33. The standard InChI is InChI=1S/C18H22/c1-14-12-15(13-18(2,3)4)10-11-17(14)16-8-6-5-7-9-16/h5-12H,13H2,1-4H3. The molecule has 0 spiro atoms. The Labute approximate surface area is 111 Å². The third-order valence-electron chi connectivity index (χ3n) is 3.11. The molecule has 2 aromatic rings. The van der Waals surface area contributed by atoms with Crippen LogP contribution in [0.2, 0.25) is 0 Å². The summed E-state index contributed by atoms with van der Waals surface area (Å²) in [4.78, 5) is 0. The summed E-state index contributed by atoms with van der Waals surface area (Å²) in [5, 5.41) is 0. The molecule has 0 nitrogen and oxygen atoms in total. The summed E-state index contributed by atoms with van der Waals surface area (Å²) in [7, 11) is 0. The van der Waals surface area contributed by atoms with Crippen molar-refractivity contribution in [1.29, 1.82) is 0 Å². The van der Waals surface area contributed by atoms with Crippen LogP contribution in [0.15, 0.2) is 48.5 Å². The second-order valence-corrected chi connectivity index (χ2v) is 6.25. The van der Waals surface area contributed by atoms with E-state index in [-0.39, 0.29) is 0 Å². The van der Waals surface area contributed by atoms with Gasteiger partial charge in [-0.25, -0.2) is 0 Å². The summed E-state index contributed by atoms with van der Waals surface area (Å²) >= 11 is 0. The van der Waals surface area contributed by atoms with Crippen molar-refractivity contribution >= 4 is 0 Å². The van der Waals surface area contributed by atoms with Crippen LogP contribution >= 0.6 is 0 Å². The van der Waals surface area contributed by atoms with Crippen molar-refractivity contribution in [2.24, 2.45) is 5.41 Å². The quantitative estimate of drug-likeness (QED) is 0.670. The zero-order valence-electron chi connectivity index (χ0n) is 11.8. The molecule has 0 saturated carbocycles. The average Bonchev–Trinajstić information content (AvgIpc) is 2.28. The molecule has 0 atom stereocenters. The van der Waals surface area contributed by atoms with Crippen LogP contribution in [0, 0.1) is 12.3 Å². The fourth-order valence-corrected chi connectivity index (χ4v) is 2.39. The van der Waals surface area contributed by atoms with E-state index < -0.39 is 0 Å². The van der Waals surface area contributed by atoms with Gasteiger partial charge in [0.15, 0.2) is 0 Å². The first-order chi connectivity index (χ1) is 8.46. The van der Waals surface area contributed by atoms with E-state index in [9.17, 15) is 0 Å². The van der Waals surface area contributed by atoms with Gasteiger partial charge in [0.2, 0.25) is 0 Å². The molecule has 0 radical (unpaired) electrons. The Morgan fingerprint density at radius 3 is 2.11 bits per heavy atom. The molecule has 0 aliphatic rings. The van der Waals surface area contributed by atoms with Crippen molar-refractivity contribution < 1.29 is 0 Å². The first kappa shape index (κ1) is 12.9. The third-order valence-corrected chi connectivity index (χ3v) is 3.11. The maximum Gasteiger partial charge on any atom is -0.0155 e. The Morgan fingerprint density at radius 1 is 0.889 bits per heavy atom. The number of aryl methyl sites for hydroxylation is 1. The van der Waals surface area contributed by atoms with E-state index in [2.05, 4.69) is 76.2 Å². The zero-order valence-corrected chi connectivity index (χ0v) is 11.8. The first-order valence-electron chi connectivity index (χ1n) is 6.61. The van der Waals surface area contributed by atoms with Crippen molar-refractivity contribution in [3.05, 3.63) is 59.7 Å². The second kappa shape index (κ2) is 4.97. The van der Waals surface area contributed by atoms with Crippen LogP contribution in [-0.2, 0) is 6.42 Å². The normalized spacial score (nSPS) is 11.6. The average molecular weight is 238 g/mol. The lowest BCUT2D eigenvalue weighted by molar-refractivity contribution is 0.411. The van der Waals surface area contributed by atoms with Gasteiger partial charge < -0.3 is 0 Å². The highest BCUT2D eigenvalue weighted by atomic mass is 14.2. The van der Waals surface area contributed by atoms with E-state index in [0.29, 0.717) is 5.41 Å². The molecule has 0 saturated heterocycles. The molecule has 0 aromatic heterocycles. The van der Waals surface area contributed by atoms with Gasteiger partial charge in [-0.3, -0.25) is 0 Å². The van der Waals surface area contributed by atoms with Crippen molar-refractivity contribution in [2.75, 3.05) is 0 Å². The van der Waals surface area contributed by atoms with Crippen LogP contribution in [0.4, 0.5) is 0 Å². The molecule has 0 unspecified atom stereocenters. The van der Waals surface area contributed by atoms with Gasteiger partial charge in [0.05, 0.1) is 0 Å². The topological polar surface area (TPSA) is 0 Å². The Morgan fingerprint density at radius 2 is 1.56 bits per heavy atom. The van der Waals surface area contributed by atoms with Gasteiger partial charge in [0.25, 0.3) is 0 Å². The van der Waals surface area contributed by atoms with Gasteiger partial charge in [-0.05, 0) is 41.0 Å². The molecule has 0 heterocycles. The molecule has 18 heavy (non-hydrogen) atoms. The number of benzene rings is 2. The van der Waals surface area contributed by atoms with Crippen LogP contribution in [0.1, 0.15) is 31.9 Å². The molecule has 0 bridgehead atoms. The number of hydrogen-bond acceptors (Lipinski definition) is 0. The molecule has 0 aliphatic carbocycles. The molecule has 2 rings (SSSR count). The highest BCUT2D eigenvalue weighted by molar-refractivity contribution is 5.67. The van der Waals surface area contributed by atoms with Crippen molar-refractivity contribution in [1.82, 2.24) is 0 Å². The monoisotopic (exact) mass is 238 g/mol. The molecule has 2 aromatic carbocycles. The van der Waals surface area contributed by atoms with Crippen LogP contribution in [0.3, 0.4) is 0 Å². The number of rotatable bonds is 2. The maximum absolute atomic E-state index is 2.33. The van der Waals surface area contributed by atoms with Gasteiger partial charge in [0, 0.05) is 0 Å². The van der Waals surface area contributed by atoms with E-state index in [1.807, 2.05) is 0 Å². The molecular weight excluding hydrogens is 216 g/mol. The Kier molecular flexibility index (Phi) is 3.56. The summed E-state index contributed by atoms with van der Waals surface area (Å²) in [6.45, 7) is 9.06. The lowest BCUT2D eigenvalue weighted by Crippen LogP contribution is -2.09. The summed E-state index contributed by atoms with van der Waals surface area (Å²) in [5.74, 6) is 0. The first-order valence-corrected chi connectivity index (χ1v) is 6.61. The highest BCUT2D eigenvalue weighted by Gasteiger charge is 2.12. The fraction of sp³-hybridized carbons (Fsp3) is 0.333. The van der Waals surface area contributed by atoms with E-state index in [4.69, 9.17) is 0 Å². The van der Waals surface area contributed by atoms with E-state index >= 15 is 0 Å². The third kappa shape index (κ3) is 3.22. The molecule has 0 heteroatoms. The van der Waals surface area contributed by atoms with Crippen LogP contribution in [0.5, 0.6) is 0 Å². The van der Waals surface area contributed by atoms with E-state index in [0.717, 1.165) is 6.42 Å². The summed E-state index contributed by atoms with van der Waals surface area (Å²) in [5.41, 5.74) is 5.79. The van der Waals surface area contributed by atoms with Crippen LogP contribution in [-0.4, -0.2) is 0 Å². The predicted molar refractivity (Wildman–Crippen MR) is 79.8 cm³/mol. The fourth-order valence-electron chi connectivity index (χ4n) is 2.39. The minimum Gasteiger partial charge on any atom is -0.0622 e. The Hall–Kier alpha value is -1.56. The van der Waals surface area contributed by atoms with Gasteiger partial charge in [-0.2, -0.15) is 0 Å². The largest absolute Gasteiger partial charge is 0.0622 e. The van der Waals surface area contributed by atoms with Gasteiger partial charge >= 0.3 is 0 Å². The van der Waals surface area contributed by atoms with Gasteiger partial charge in [-0.1, -0.05) is 69.3 Å². The second-order valence-electron chi connectivity index (χ2n) is 6.25.